The van der Waals surface area contributed by atoms with E-state index in [2.05, 4.69) is 24.1 Å². The standard InChI is InChI=1S/C23H42N2O/c1-2-3-4-5-6-7-8-9-10-11-12-13-14-15-16-18-23(26)25-21-17-19-24-20-22-25/h9-10,19H,2-8,11-18,20-22H2,1H3. The van der Waals surface area contributed by atoms with Gasteiger partial charge in [0.25, 0.3) is 0 Å². The molecule has 1 rings (SSSR count). The van der Waals surface area contributed by atoms with Crippen molar-refractivity contribution < 1.29 is 4.79 Å². The Morgan fingerprint density at radius 3 is 2.19 bits per heavy atom. The van der Waals surface area contributed by atoms with E-state index >= 15 is 0 Å². The lowest BCUT2D eigenvalue weighted by molar-refractivity contribution is -0.131. The maximum Gasteiger partial charge on any atom is 0.222 e. The van der Waals surface area contributed by atoms with Gasteiger partial charge in [-0.1, -0.05) is 70.4 Å². The summed E-state index contributed by atoms with van der Waals surface area (Å²) in [5, 5.41) is 0. The van der Waals surface area contributed by atoms with Gasteiger partial charge in [-0.15, -0.1) is 0 Å². The van der Waals surface area contributed by atoms with E-state index in [1.807, 2.05) is 11.1 Å². The van der Waals surface area contributed by atoms with E-state index in [4.69, 9.17) is 0 Å². The molecule has 0 unspecified atom stereocenters. The quantitative estimate of drug-likeness (QED) is 0.247. The molecule has 0 bridgehead atoms. The zero-order valence-electron chi connectivity index (χ0n) is 17.3. The first-order valence-electron chi connectivity index (χ1n) is 11.3. The number of unbranched alkanes of at least 4 members (excludes halogenated alkanes) is 11. The molecule has 1 amide bonds. The molecule has 0 saturated heterocycles. The number of allylic oxidation sites excluding steroid dienone is 2. The molecule has 1 heterocycles. The molecule has 150 valence electrons. The predicted molar refractivity (Wildman–Crippen MR) is 114 cm³/mol. The van der Waals surface area contributed by atoms with Gasteiger partial charge in [-0.3, -0.25) is 9.79 Å². The van der Waals surface area contributed by atoms with Gasteiger partial charge in [0.2, 0.25) is 5.91 Å². The largest absolute Gasteiger partial charge is 0.340 e. The molecule has 0 aromatic heterocycles. The van der Waals surface area contributed by atoms with E-state index < -0.39 is 0 Å². The summed E-state index contributed by atoms with van der Waals surface area (Å²) in [5.41, 5.74) is 0. The van der Waals surface area contributed by atoms with E-state index in [9.17, 15) is 4.79 Å². The lowest BCUT2D eigenvalue weighted by Crippen LogP contribution is -2.33. The average molecular weight is 363 g/mol. The highest BCUT2D eigenvalue weighted by Gasteiger charge is 2.13. The number of carbonyl (C=O) groups excluding carboxylic acids is 1. The van der Waals surface area contributed by atoms with Crippen LogP contribution in [0.4, 0.5) is 0 Å². The van der Waals surface area contributed by atoms with Crippen molar-refractivity contribution in [2.24, 2.45) is 4.99 Å². The molecule has 0 aromatic carbocycles. The normalized spacial score (nSPS) is 14.9. The Balaban J connectivity index is 1.83. The lowest BCUT2D eigenvalue weighted by Gasteiger charge is -2.19. The van der Waals surface area contributed by atoms with Crippen LogP contribution in [0.5, 0.6) is 0 Å². The minimum Gasteiger partial charge on any atom is -0.340 e. The summed E-state index contributed by atoms with van der Waals surface area (Å²) in [6, 6.07) is 0. The molecule has 3 nitrogen and oxygen atoms in total. The number of amides is 1. The van der Waals surface area contributed by atoms with Crippen LogP contribution in [-0.4, -0.2) is 36.7 Å². The summed E-state index contributed by atoms with van der Waals surface area (Å²) in [4.78, 5) is 18.4. The molecule has 1 aliphatic heterocycles. The van der Waals surface area contributed by atoms with Gasteiger partial charge in [0, 0.05) is 25.7 Å². The summed E-state index contributed by atoms with van der Waals surface area (Å²) in [6.45, 7) is 4.71. The molecule has 0 N–H and O–H groups in total. The van der Waals surface area contributed by atoms with Crippen LogP contribution >= 0.6 is 0 Å². The maximum absolute atomic E-state index is 12.1. The van der Waals surface area contributed by atoms with E-state index in [0.717, 1.165) is 38.9 Å². The van der Waals surface area contributed by atoms with Crippen molar-refractivity contribution in [2.45, 2.75) is 103 Å². The molecule has 26 heavy (non-hydrogen) atoms. The highest BCUT2D eigenvalue weighted by molar-refractivity contribution is 5.76. The van der Waals surface area contributed by atoms with Crippen molar-refractivity contribution in [1.29, 1.82) is 0 Å². The Morgan fingerprint density at radius 1 is 0.885 bits per heavy atom. The van der Waals surface area contributed by atoms with E-state index in [1.165, 1.54) is 77.0 Å². The number of rotatable bonds is 15. The SMILES string of the molecule is CCCCCCCCC=CCCCCCCCC(=O)N1CCC=NCC1. The molecule has 0 fully saturated rings. The summed E-state index contributed by atoms with van der Waals surface area (Å²) < 4.78 is 0. The third kappa shape index (κ3) is 13.1. The second-order valence-electron chi connectivity index (χ2n) is 7.59. The fourth-order valence-corrected chi connectivity index (χ4v) is 3.44. The van der Waals surface area contributed by atoms with E-state index in [1.54, 1.807) is 0 Å². The van der Waals surface area contributed by atoms with Crippen molar-refractivity contribution >= 4 is 12.1 Å². The Morgan fingerprint density at radius 2 is 1.50 bits per heavy atom. The van der Waals surface area contributed by atoms with Gasteiger partial charge < -0.3 is 4.90 Å². The van der Waals surface area contributed by atoms with Crippen molar-refractivity contribution in [3.05, 3.63) is 12.2 Å². The monoisotopic (exact) mass is 362 g/mol. The highest BCUT2D eigenvalue weighted by Crippen LogP contribution is 2.11. The summed E-state index contributed by atoms with van der Waals surface area (Å²) >= 11 is 0. The Kier molecular flexibility index (Phi) is 15.3. The van der Waals surface area contributed by atoms with Crippen molar-refractivity contribution in [2.75, 3.05) is 19.6 Å². The first-order chi connectivity index (χ1) is 12.8. The van der Waals surface area contributed by atoms with Crippen LogP contribution in [-0.2, 0) is 4.79 Å². The van der Waals surface area contributed by atoms with Crippen LogP contribution in [0.1, 0.15) is 103 Å². The van der Waals surface area contributed by atoms with Crippen LogP contribution in [0.3, 0.4) is 0 Å². The fourth-order valence-electron chi connectivity index (χ4n) is 3.44. The van der Waals surface area contributed by atoms with Gasteiger partial charge in [0.1, 0.15) is 0 Å². The Labute approximate surface area is 162 Å². The summed E-state index contributed by atoms with van der Waals surface area (Å²) in [7, 11) is 0. The van der Waals surface area contributed by atoms with Gasteiger partial charge in [-0.05, 0) is 38.5 Å². The first kappa shape index (κ1) is 22.9. The summed E-state index contributed by atoms with van der Waals surface area (Å²) in [6.07, 6.45) is 25.2. The zero-order valence-corrected chi connectivity index (χ0v) is 17.3. The van der Waals surface area contributed by atoms with E-state index in [0.29, 0.717) is 5.91 Å². The number of aliphatic imine (C=N–C) groups is 1. The minimum atomic E-state index is 0.327. The second-order valence-corrected chi connectivity index (χ2v) is 7.59. The number of hydrogen-bond acceptors (Lipinski definition) is 2. The highest BCUT2D eigenvalue weighted by atomic mass is 16.2. The zero-order chi connectivity index (χ0) is 18.7. The maximum atomic E-state index is 12.1. The molecule has 0 aliphatic carbocycles. The Bertz CT molecular complexity index is 380. The van der Waals surface area contributed by atoms with Crippen molar-refractivity contribution in [3.8, 4) is 0 Å². The first-order valence-corrected chi connectivity index (χ1v) is 11.3. The van der Waals surface area contributed by atoms with Gasteiger partial charge in [-0.25, -0.2) is 0 Å². The Hall–Kier alpha value is -1.12. The second kappa shape index (κ2) is 17.3. The van der Waals surface area contributed by atoms with Gasteiger partial charge >= 0.3 is 0 Å². The molecule has 0 aromatic rings. The fraction of sp³-hybridized carbons (Fsp3) is 0.826. The number of hydrogen-bond donors (Lipinski definition) is 0. The molecule has 3 heteroatoms. The van der Waals surface area contributed by atoms with Crippen molar-refractivity contribution in [1.82, 2.24) is 4.90 Å². The van der Waals surface area contributed by atoms with Crippen LogP contribution in [0.15, 0.2) is 17.1 Å². The van der Waals surface area contributed by atoms with Gasteiger partial charge in [-0.2, -0.15) is 0 Å². The molecule has 0 atom stereocenters. The smallest absolute Gasteiger partial charge is 0.222 e. The lowest BCUT2D eigenvalue weighted by atomic mass is 10.1. The predicted octanol–water partition coefficient (Wildman–Crippen LogP) is 6.33. The molecule has 0 spiro atoms. The van der Waals surface area contributed by atoms with Crippen LogP contribution in [0.2, 0.25) is 0 Å². The molecule has 1 aliphatic rings. The van der Waals surface area contributed by atoms with Gasteiger partial charge in [0.05, 0.1) is 6.54 Å². The number of nitrogens with zero attached hydrogens (tertiary/aromatic N) is 2. The third-order valence-corrected chi connectivity index (χ3v) is 5.16. The van der Waals surface area contributed by atoms with Gasteiger partial charge in [0.15, 0.2) is 0 Å². The topological polar surface area (TPSA) is 32.7 Å². The van der Waals surface area contributed by atoms with E-state index in [-0.39, 0.29) is 0 Å². The van der Waals surface area contributed by atoms with Crippen LogP contribution in [0.25, 0.3) is 0 Å². The number of carbonyl (C=O) groups is 1. The summed E-state index contributed by atoms with van der Waals surface area (Å²) in [5.74, 6) is 0.327. The van der Waals surface area contributed by atoms with Crippen LogP contribution < -0.4 is 0 Å². The molecular weight excluding hydrogens is 320 g/mol. The third-order valence-electron chi connectivity index (χ3n) is 5.16. The molecule has 0 saturated carbocycles. The van der Waals surface area contributed by atoms with Crippen molar-refractivity contribution in [3.63, 3.8) is 0 Å². The van der Waals surface area contributed by atoms with Crippen LogP contribution in [0, 0.1) is 0 Å². The molecule has 0 radical (unpaired) electrons. The molecular formula is C23H42N2O. The minimum absolute atomic E-state index is 0.327. The average Bonchev–Trinajstić information content (AvgIpc) is 2.94.